The van der Waals surface area contributed by atoms with Crippen LogP contribution >= 0.6 is 0 Å². The predicted octanol–water partition coefficient (Wildman–Crippen LogP) is 0.718. The smallest absolute Gasteiger partial charge is 0.320 e. The first kappa shape index (κ1) is 24.5. The van der Waals surface area contributed by atoms with E-state index in [-0.39, 0.29) is 12.8 Å². The van der Waals surface area contributed by atoms with Gasteiger partial charge in [-0.2, -0.15) is 0 Å². The van der Waals surface area contributed by atoms with Crippen LogP contribution in [0.4, 0.5) is 0 Å². The lowest BCUT2D eigenvalue weighted by Crippen LogP contribution is -2.56. The number of nitrogens with two attached hydrogens (primary N) is 1. The van der Waals surface area contributed by atoms with Gasteiger partial charge in [0, 0.05) is 0 Å². The Kier molecular flexibility index (Phi) is 9.37. The molecule has 2 amide bonds. The molecule has 0 aromatic heterocycles. The van der Waals surface area contributed by atoms with Crippen LogP contribution in [0, 0.1) is 0 Å². The van der Waals surface area contributed by atoms with E-state index in [1.807, 2.05) is 36.4 Å². The Labute approximate surface area is 185 Å². The number of aliphatic carboxylic acids is 2. The number of hydrogen-bond acceptors (Lipinski definition) is 5. The van der Waals surface area contributed by atoms with E-state index in [0.717, 1.165) is 11.1 Å². The van der Waals surface area contributed by atoms with Gasteiger partial charge in [0.15, 0.2) is 0 Å². The number of carboxylic acid groups (broad SMARTS) is 2. The molecule has 0 heterocycles. The van der Waals surface area contributed by atoms with E-state index in [0.29, 0.717) is 6.42 Å². The van der Waals surface area contributed by atoms with Gasteiger partial charge in [0.25, 0.3) is 0 Å². The average Bonchev–Trinajstić information content (AvgIpc) is 2.76. The Hall–Kier alpha value is -3.72. The third kappa shape index (κ3) is 8.19. The first-order valence-corrected chi connectivity index (χ1v) is 10.1. The van der Waals surface area contributed by atoms with E-state index < -0.39 is 48.3 Å². The van der Waals surface area contributed by atoms with Gasteiger partial charge in [-0.1, -0.05) is 60.7 Å². The molecule has 0 radical (unpaired) electrons. The zero-order chi connectivity index (χ0) is 23.5. The van der Waals surface area contributed by atoms with Crippen LogP contribution < -0.4 is 16.4 Å². The van der Waals surface area contributed by atoms with Gasteiger partial charge < -0.3 is 21.3 Å². The summed E-state index contributed by atoms with van der Waals surface area (Å²) in [7, 11) is 0. The molecule has 0 fully saturated rings. The van der Waals surface area contributed by atoms with Crippen LogP contribution in [-0.2, 0) is 32.0 Å². The molecule has 0 aliphatic carbocycles. The van der Waals surface area contributed by atoms with E-state index in [4.69, 9.17) is 10.8 Å². The molecule has 0 saturated heterocycles. The first-order chi connectivity index (χ1) is 15.3. The highest BCUT2D eigenvalue weighted by Crippen LogP contribution is 2.10. The number of aryl methyl sites for hydroxylation is 1. The number of primary amides is 1. The summed E-state index contributed by atoms with van der Waals surface area (Å²) in [4.78, 5) is 47.3. The average molecular weight is 441 g/mol. The van der Waals surface area contributed by atoms with Gasteiger partial charge >= 0.3 is 11.9 Å². The molecule has 3 unspecified atom stereocenters. The maximum atomic E-state index is 12.9. The van der Waals surface area contributed by atoms with E-state index in [9.17, 15) is 24.3 Å². The number of amides is 2. The number of rotatable bonds is 13. The van der Waals surface area contributed by atoms with Crippen molar-refractivity contribution in [2.75, 3.05) is 0 Å². The van der Waals surface area contributed by atoms with Crippen molar-refractivity contribution in [3.63, 3.8) is 0 Å². The molecule has 0 bridgehead atoms. The van der Waals surface area contributed by atoms with Crippen molar-refractivity contribution in [2.24, 2.45) is 5.73 Å². The van der Waals surface area contributed by atoms with Gasteiger partial charge in [-0.05, 0) is 30.4 Å². The summed E-state index contributed by atoms with van der Waals surface area (Å²) in [5.74, 6) is -4.11. The lowest BCUT2D eigenvalue weighted by Gasteiger charge is -2.25. The monoisotopic (exact) mass is 441 g/mol. The molecule has 2 aromatic rings. The van der Waals surface area contributed by atoms with Crippen LogP contribution in [-0.4, -0.2) is 52.1 Å². The summed E-state index contributed by atoms with van der Waals surface area (Å²) in [6.07, 6.45) is 0.176. The topological polar surface area (TPSA) is 159 Å². The van der Waals surface area contributed by atoms with Crippen molar-refractivity contribution >= 4 is 23.8 Å². The van der Waals surface area contributed by atoms with Gasteiger partial charge in [-0.3, -0.25) is 24.5 Å². The second kappa shape index (κ2) is 12.2. The Bertz CT molecular complexity index is 920. The zero-order valence-electron chi connectivity index (χ0n) is 17.4. The number of nitrogens with one attached hydrogen (secondary N) is 2. The molecule has 2 aromatic carbocycles. The predicted molar refractivity (Wildman–Crippen MR) is 117 cm³/mol. The van der Waals surface area contributed by atoms with E-state index in [1.54, 1.807) is 24.3 Å². The molecule has 6 N–H and O–H groups in total. The zero-order valence-corrected chi connectivity index (χ0v) is 17.4. The molecule has 9 nitrogen and oxygen atoms in total. The number of hydrogen-bond donors (Lipinski definition) is 5. The number of carboxylic acids is 2. The molecule has 0 aliphatic rings. The van der Waals surface area contributed by atoms with Gasteiger partial charge in [0.05, 0.1) is 12.5 Å². The summed E-state index contributed by atoms with van der Waals surface area (Å²) in [5, 5.41) is 23.8. The summed E-state index contributed by atoms with van der Waals surface area (Å²) in [6, 6.07) is 14.8. The van der Waals surface area contributed by atoms with Crippen LogP contribution in [0.15, 0.2) is 60.7 Å². The fraction of sp³-hybridized carbons (Fsp3) is 0.304. The number of carbonyl (C=O) groups excluding carboxylic acids is 2. The summed E-state index contributed by atoms with van der Waals surface area (Å²) in [5.41, 5.74) is 6.94. The minimum atomic E-state index is -1.41. The van der Waals surface area contributed by atoms with E-state index in [2.05, 4.69) is 10.6 Å². The quantitative estimate of drug-likeness (QED) is 0.306. The Morgan fingerprint density at radius 1 is 0.812 bits per heavy atom. The summed E-state index contributed by atoms with van der Waals surface area (Å²) >= 11 is 0. The van der Waals surface area contributed by atoms with Crippen LogP contribution in [0.2, 0.25) is 0 Å². The maximum absolute atomic E-state index is 12.9. The number of carbonyl (C=O) groups is 4. The van der Waals surface area contributed by atoms with Crippen LogP contribution in [0.1, 0.15) is 24.0 Å². The molecule has 9 heteroatoms. The van der Waals surface area contributed by atoms with Crippen LogP contribution in [0.3, 0.4) is 0 Å². The van der Waals surface area contributed by atoms with E-state index in [1.165, 1.54) is 0 Å². The highest BCUT2D eigenvalue weighted by Gasteiger charge is 2.29. The first-order valence-electron chi connectivity index (χ1n) is 10.1. The molecule has 170 valence electrons. The fourth-order valence-corrected chi connectivity index (χ4v) is 3.22. The minimum absolute atomic E-state index is 0.139. The van der Waals surface area contributed by atoms with Crippen molar-refractivity contribution < 1.29 is 29.4 Å². The van der Waals surface area contributed by atoms with Crippen molar-refractivity contribution in [1.29, 1.82) is 0 Å². The minimum Gasteiger partial charge on any atom is -0.481 e. The van der Waals surface area contributed by atoms with Gasteiger partial charge in [0.2, 0.25) is 11.8 Å². The molecular weight excluding hydrogens is 414 g/mol. The largest absolute Gasteiger partial charge is 0.481 e. The Morgan fingerprint density at radius 3 is 1.88 bits per heavy atom. The van der Waals surface area contributed by atoms with Crippen molar-refractivity contribution in [1.82, 2.24) is 10.6 Å². The molecule has 2 rings (SSSR count). The Morgan fingerprint density at radius 2 is 1.38 bits per heavy atom. The number of benzene rings is 2. The van der Waals surface area contributed by atoms with Gasteiger partial charge in [0.1, 0.15) is 12.1 Å². The summed E-state index contributed by atoms with van der Waals surface area (Å²) in [6.45, 7) is 0. The standard InChI is InChI=1S/C23H27N3O6/c24-21(29)18(14-20(27)28)26-22(30)19(13-16-9-5-2-6-10-16)25-17(23(31)32)12-11-15-7-3-1-4-8-15/h1-10,17-19,25H,11-14H2,(H2,24,29)(H,26,30)(H,27,28)(H,31,32). The second-order valence-corrected chi connectivity index (χ2v) is 7.39. The third-order valence-electron chi connectivity index (χ3n) is 4.90. The summed E-state index contributed by atoms with van der Waals surface area (Å²) < 4.78 is 0. The highest BCUT2D eigenvalue weighted by atomic mass is 16.4. The second-order valence-electron chi connectivity index (χ2n) is 7.39. The normalized spacial score (nSPS) is 13.5. The maximum Gasteiger partial charge on any atom is 0.320 e. The lowest BCUT2D eigenvalue weighted by molar-refractivity contribution is -0.140. The highest BCUT2D eigenvalue weighted by molar-refractivity contribution is 5.91. The van der Waals surface area contributed by atoms with E-state index >= 15 is 0 Å². The molecular formula is C23H27N3O6. The van der Waals surface area contributed by atoms with Crippen molar-refractivity contribution in [3.8, 4) is 0 Å². The van der Waals surface area contributed by atoms with Crippen molar-refractivity contribution in [2.45, 2.75) is 43.8 Å². The van der Waals surface area contributed by atoms with Crippen molar-refractivity contribution in [3.05, 3.63) is 71.8 Å². The van der Waals surface area contributed by atoms with Gasteiger partial charge in [-0.25, -0.2) is 0 Å². The molecule has 32 heavy (non-hydrogen) atoms. The molecule has 3 atom stereocenters. The third-order valence-corrected chi connectivity index (χ3v) is 4.90. The van der Waals surface area contributed by atoms with Crippen LogP contribution in [0.25, 0.3) is 0 Å². The van der Waals surface area contributed by atoms with Gasteiger partial charge in [-0.15, -0.1) is 0 Å². The van der Waals surface area contributed by atoms with Crippen LogP contribution in [0.5, 0.6) is 0 Å². The Balaban J connectivity index is 2.17. The molecule has 0 aliphatic heterocycles. The fourth-order valence-electron chi connectivity index (χ4n) is 3.22. The SMILES string of the molecule is NC(=O)C(CC(=O)O)NC(=O)C(Cc1ccccc1)NC(CCc1ccccc1)C(=O)O. The molecule has 0 saturated carbocycles. The lowest BCUT2D eigenvalue weighted by atomic mass is 10.0. The molecule has 0 spiro atoms.